The summed E-state index contributed by atoms with van der Waals surface area (Å²) < 4.78 is 29.7. The van der Waals surface area contributed by atoms with Crippen LogP contribution in [0.5, 0.6) is 0 Å². The number of fused-ring (bicyclic) bond motifs is 1. The van der Waals surface area contributed by atoms with Crippen molar-refractivity contribution in [3.63, 3.8) is 0 Å². The number of hydrogen-bond donors (Lipinski definition) is 2. The number of benzene rings is 3. The number of para-hydroxylation sites is 1. The molecule has 5 aromatic rings. The van der Waals surface area contributed by atoms with Crippen molar-refractivity contribution in [2.75, 3.05) is 7.05 Å². The highest BCUT2D eigenvalue weighted by Gasteiger charge is 2.22. The number of carbonyl (C=O) groups excluding carboxylic acids is 2. The van der Waals surface area contributed by atoms with Gasteiger partial charge in [-0.2, -0.15) is 5.10 Å². The molecule has 7 nitrogen and oxygen atoms in total. The molecule has 0 radical (unpaired) electrons. The lowest BCUT2D eigenvalue weighted by molar-refractivity contribution is -0.122. The zero-order valence-corrected chi connectivity index (χ0v) is 21.1. The van der Waals surface area contributed by atoms with E-state index in [-0.39, 0.29) is 24.8 Å². The fourth-order valence-corrected chi connectivity index (χ4v) is 4.62. The first-order valence-corrected chi connectivity index (χ1v) is 12.3. The molecule has 0 unspecified atom stereocenters. The van der Waals surface area contributed by atoms with Crippen LogP contribution in [-0.2, 0) is 17.8 Å². The van der Waals surface area contributed by atoms with Gasteiger partial charge in [-0.25, -0.2) is 8.78 Å². The van der Waals surface area contributed by atoms with Gasteiger partial charge in [0.15, 0.2) is 0 Å². The minimum Gasteiger partial charge on any atom is -0.355 e. The molecule has 9 heteroatoms. The van der Waals surface area contributed by atoms with Crippen molar-refractivity contribution in [3.05, 3.63) is 120 Å². The number of nitrogens with zero attached hydrogens (tertiary/aromatic N) is 3. The predicted octanol–water partition coefficient (Wildman–Crippen LogP) is 4.84. The van der Waals surface area contributed by atoms with Crippen molar-refractivity contribution in [2.24, 2.45) is 0 Å². The Labute approximate surface area is 223 Å². The van der Waals surface area contributed by atoms with E-state index in [4.69, 9.17) is 0 Å². The molecule has 0 saturated heterocycles. The fourth-order valence-electron chi connectivity index (χ4n) is 4.62. The smallest absolute Gasteiger partial charge is 0.251 e. The molecule has 0 aliphatic carbocycles. The standard InChI is InChI=1S/C30H25F2N5O2/c1-33-30(39)21-8-4-7-20(15-21)25-9-5-11-34-29(25)26(14-19-12-23(31)16-24(32)13-19)36-28(38)18-37-27-10-3-2-6-22(27)17-35-37/h2-13,15-17,26H,14,18H2,1H3,(H,33,39)(H,36,38)/t26-/m0/s1. The van der Waals surface area contributed by atoms with Gasteiger partial charge in [0.1, 0.15) is 18.2 Å². The van der Waals surface area contributed by atoms with Gasteiger partial charge in [-0.05, 0) is 53.9 Å². The molecular formula is C30H25F2N5O2. The van der Waals surface area contributed by atoms with Crippen LogP contribution in [0, 0.1) is 11.6 Å². The van der Waals surface area contributed by atoms with Gasteiger partial charge in [-0.15, -0.1) is 0 Å². The lowest BCUT2D eigenvalue weighted by atomic mass is 9.94. The summed E-state index contributed by atoms with van der Waals surface area (Å²) in [6.07, 6.45) is 3.36. The average molecular weight is 526 g/mol. The van der Waals surface area contributed by atoms with E-state index < -0.39 is 17.7 Å². The molecule has 5 rings (SSSR count). The van der Waals surface area contributed by atoms with Gasteiger partial charge >= 0.3 is 0 Å². The van der Waals surface area contributed by atoms with Crippen LogP contribution in [0.2, 0.25) is 0 Å². The number of aromatic nitrogens is 3. The third-order valence-corrected chi connectivity index (χ3v) is 6.37. The maximum Gasteiger partial charge on any atom is 0.251 e. The summed E-state index contributed by atoms with van der Waals surface area (Å²) >= 11 is 0. The number of amides is 2. The summed E-state index contributed by atoms with van der Waals surface area (Å²) in [5, 5.41) is 10.8. The van der Waals surface area contributed by atoms with E-state index in [0.29, 0.717) is 27.9 Å². The van der Waals surface area contributed by atoms with E-state index in [0.717, 1.165) is 17.0 Å². The van der Waals surface area contributed by atoms with E-state index in [1.165, 1.54) is 12.1 Å². The first-order valence-electron chi connectivity index (χ1n) is 12.3. The van der Waals surface area contributed by atoms with Gasteiger partial charge < -0.3 is 10.6 Å². The molecule has 3 aromatic carbocycles. The maximum absolute atomic E-state index is 14.0. The highest BCUT2D eigenvalue weighted by atomic mass is 19.1. The molecule has 39 heavy (non-hydrogen) atoms. The Kier molecular flexibility index (Phi) is 7.40. The molecule has 1 atom stereocenters. The highest BCUT2D eigenvalue weighted by Crippen LogP contribution is 2.30. The minimum absolute atomic E-state index is 0.0597. The first-order chi connectivity index (χ1) is 18.9. The molecule has 2 aromatic heterocycles. The van der Waals surface area contributed by atoms with Crippen molar-refractivity contribution in [1.82, 2.24) is 25.4 Å². The summed E-state index contributed by atoms with van der Waals surface area (Å²) in [6, 6.07) is 20.7. The third kappa shape index (κ3) is 5.82. The summed E-state index contributed by atoms with van der Waals surface area (Å²) in [5.41, 5.74) is 3.51. The Morgan fingerprint density at radius 1 is 0.949 bits per heavy atom. The third-order valence-electron chi connectivity index (χ3n) is 6.37. The van der Waals surface area contributed by atoms with E-state index >= 15 is 0 Å². The number of carbonyl (C=O) groups is 2. The zero-order valence-electron chi connectivity index (χ0n) is 21.1. The van der Waals surface area contributed by atoms with Gasteiger partial charge in [0.2, 0.25) is 5.91 Å². The van der Waals surface area contributed by atoms with Crippen molar-refractivity contribution >= 4 is 22.7 Å². The lowest BCUT2D eigenvalue weighted by Gasteiger charge is -2.22. The Bertz CT molecular complexity index is 1650. The number of nitrogens with one attached hydrogen (secondary N) is 2. The molecule has 2 amide bonds. The molecule has 0 saturated carbocycles. The summed E-state index contributed by atoms with van der Waals surface area (Å²) in [6.45, 7) is -0.0597. The average Bonchev–Trinajstić information content (AvgIpc) is 3.34. The van der Waals surface area contributed by atoms with E-state index in [2.05, 4.69) is 20.7 Å². The topological polar surface area (TPSA) is 88.9 Å². The zero-order chi connectivity index (χ0) is 27.4. The van der Waals surface area contributed by atoms with Crippen LogP contribution in [0.25, 0.3) is 22.0 Å². The second-order valence-electron chi connectivity index (χ2n) is 9.06. The van der Waals surface area contributed by atoms with Gasteiger partial charge in [-0.1, -0.05) is 36.4 Å². The highest BCUT2D eigenvalue weighted by molar-refractivity contribution is 5.95. The lowest BCUT2D eigenvalue weighted by Crippen LogP contribution is -2.33. The molecule has 2 N–H and O–H groups in total. The van der Waals surface area contributed by atoms with Crippen LogP contribution in [0.15, 0.2) is 91.3 Å². The van der Waals surface area contributed by atoms with E-state index in [9.17, 15) is 18.4 Å². The molecule has 0 aliphatic rings. The molecule has 0 fully saturated rings. The molecule has 0 aliphatic heterocycles. The second-order valence-corrected chi connectivity index (χ2v) is 9.06. The van der Waals surface area contributed by atoms with Crippen LogP contribution in [0.4, 0.5) is 8.78 Å². The normalized spacial score (nSPS) is 11.8. The first kappa shape index (κ1) is 25.7. The van der Waals surface area contributed by atoms with Crippen molar-refractivity contribution in [3.8, 4) is 11.1 Å². The molecular weight excluding hydrogens is 500 g/mol. The Morgan fingerprint density at radius 2 is 1.74 bits per heavy atom. The Hall–Kier alpha value is -4.92. The Morgan fingerprint density at radius 3 is 2.54 bits per heavy atom. The molecule has 0 spiro atoms. The number of halogens is 2. The largest absolute Gasteiger partial charge is 0.355 e. The quantitative estimate of drug-likeness (QED) is 0.304. The monoisotopic (exact) mass is 525 g/mol. The van der Waals surface area contributed by atoms with Gasteiger partial charge in [-0.3, -0.25) is 19.3 Å². The summed E-state index contributed by atoms with van der Waals surface area (Å²) in [4.78, 5) is 30.1. The van der Waals surface area contributed by atoms with Gasteiger partial charge in [0, 0.05) is 35.8 Å². The minimum atomic E-state index is -0.736. The maximum atomic E-state index is 14.0. The Balaban J connectivity index is 1.51. The van der Waals surface area contributed by atoms with Gasteiger partial charge in [0.05, 0.1) is 23.4 Å². The SMILES string of the molecule is CNC(=O)c1cccc(-c2cccnc2[C@H](Cc2cc(F)cc(F)c2)NC(=O)Cn2ncc3ccccc32)c1. The van der Waals surface area contributed by atoms with Crippen LogP contribution < -0.4 is 10.6 Å². The molecule has 0 bridgehead atoms. The van der Waals surface area contributed by atoms with E-state index in [1.807, 2.05) is 36.4 Å². The fraction of sp³-hybridized carbons (Fsp3) is 0.133. The summed E-state index contributed by atoms with van der Waals surface area (Å²) in [5.74, 6) is -2.01. The predicted molar refractivity (Wildman–Crippen MR) is 144 cm³/mol. The van der Waals surface area contributed by atoms with Crippen LogP contribution >= 0.6 is 0 Å². The summed E-state index contributed by atoms with van der Waals surface area (Å²) in [7, 11) is 1.55. The van der Waals surface area contributed by atoms with E-state index in [1.54, 1.807) is 48.4 Å². The van der Waals surface area contributed by atoms with Crippen LogP contribution in [0.3, 0.4) is 0 Å². The van der Waals surface area contributed by atoms with Crippen molar-refractivity contribution in [2.45, 2.75) is 19.0 Å². The van der Waals surface area contributed by atoms with Gasteiger partial charge in [0.25, 0.3) is 5.91 Å². The number of rotatable bonds is 8. The van der Waals surface area contributed by atoms with Crippen molar-refractivity contribution in [1.29, 1.82) is 0 Å². The second kappa shape index (κ2) is 11.2. The number of hydrogen-bond acceptors (Lipinski definition) is 4. The molecule has 2 heterocycles. The van der Waals surface area contributed by atoms with Crippen LogP contribution in [-0.4, -0.2) is 33.6 Å². The van der Waals surface area contributed by atoms with Crippen molar-refractivity contribution < 1.29 is 18.4 Å². The molecule has 196 valence electrons. The number of pyridine rings is 1. The van der Waals surface area contributed by atoms with Crippen LogP contribution in [0.1, 0.15) is 27.7 Å².